The SMILES string of the molecule is C[C@@H](N)[C@H](CNc1ncc(S(=O)(=O)Nc2ncns2)cc1C(F)(F)F)CC(C)(C)CCN. The average Bonchev–Trinajstić information content (AvgIpc) is 3.16. The number of nitrogens with two attached hydrogens (primary N) is 2. The van der Waals surface area contributed by atoms with E-state index in [1.54, 1.807) is 6.92 Å². The zero-order valence-corrected chi connectivity index (χ0v) is 19.6. The summed E-state index contributed by atoms with van der Waals surface area (Å²) in [6.45, 7) is 6.47. The molecule has 0 saturated carbocycles. The number of anilines is 2. The van der Waals surface area contributed by atoms with Crippen LogP contribution in [0.5, 0.6) is 0 Å². The van der Waals surface area contributed by atoms with Crippen molar-refractivity contribution >= 4 is 32.5 Å². The maximum Gasteiger partial charge on any atom is 0.419 e. The fourth-order valence-corrected chi connectivity index (χ4v) is 4.85. The van der Waals surface area contributed by atoms with E-state index in [9.17, 15) is 21.6 Å². The molecule has 0 spiro atoms. The van der Waals surface area contributed by atoms with Crippen molar-refractivity contribution < 1.29 is 21.6 Å². The second-order valence-corrected chi connectivity index (χ2v) is 10.8. The maximum absolute atomic E-state index is 13.7. The molecule has 2 aromatic heterocycles. The lowest BCUT2D eigenvalue weighted by Gasteiger charge is -2.32. The molecule has 14 heteroatoms. The second-order valence-electron chi connectivity index (χ2n) is 8.32. The van der Waals surface area contributed by atoms with Crippen LogP contribution in [-0.2, 0) is 16.2 Å². The number of rotatable bonds is 11. The quantitative estimate of drug-likeness (QED) is 0.372. The first-order chi connectivity index (χ1) is 14.7. The molecule has 0 bridgehead atoms. The van der Waals surface area contributed by atoms with Crippen molar-refractivity contribution in [2.45, 2.75) is 50.7 Å². The molecular formula is C18H28F3N7O2S2. The highest BCUT2D eigenvalue weighted by Crippen LogP contribution is 2.36. The third-order valence-electron chi connectivity index (χ3n) is 4.97. The van der Waals surface area contributed by atoms with E-state index in [0.717, 1.165) is 30.5 Å². The number of hydrogen-bond acceptors (Lipinski definition) is 9. The van der Waals surface area contributed by atoms with Gasteiger partial charge in [-0.05, 0) is 43.7 Å². The Morgan fingerprint density at radius 3 is 2.47 bits per heavy atom. The van der Waals surface area contributed by atoms with Crippen LogP contribution < -0.4 is 21.5 Å². The van der Waals surface area contributed by atoms with Gasteiger partial charge in [-0.25, -0.2) is 18.4 Å². The van der Waals surface area contributed by atoms with Gasteiger partial charge in [0, 0.05) is 30.3 Å². The van der Waals surface area contributed by atoms with E-state index in [0.29, 0.717) is 19.0 Å². The number of nitrogens with one attached hydrogen (secondary N) is 2. The van der Waals surface area contributed by atoms with Gasteiger partial charge in [-0.3, -0.25) is 4.72 Å². The van der Waals surface area contributed by atoms with Gasteiger partial charge in [0.15, 0.2) is 0 Å². The molecule has 32 heavy (non-hydrogen) atoms. The Morgan fingerprint density at radius 2 is 1.94 bits per heavy atom. The molecule has 0 aromatic carbocycles. The topological polar surface area (TPSA) is 149 Å². The molecule has 0 unspecified atom stereocenters. The van der Waals surface area contributed by atoms with Crippen LogP contribution in [0.4, 0.5) is 24.1 Å². The van der Waals surface area contributed by atoms with Crippen LogP contribution >= 0.6 is 11.5 Å². The van der Waals surface area contributed by atoms with Gasteiger partial charge in [0.2, 0.25) is 5.13 Å². The van der Waals surface area contributed by atoms with E-state index in [1.165, 1.54) is 0 Å². The minimum Gasteiger partial charge on any atom is -0.369 e. The van der Waals surface area contributed by atoms with Gasteiger partial charge < -0.3 is 16.8 Å². The van der Waals surface area contributed by atoms with Crippen molar-refractivity contribution in [1.82, 2.24) is 14.3 Å². The summed E-state index contributed by atoms with van der Waals surface area (Å²) in [5.74, 6) is -0.614. The Bertz CT molecular complexity index is 981. The smallest absolute Gasteiger partial charge is 0.369 e. The normalized spacial score (nSPS) is 14.8. The fourth-order valence-electron chi connectivity index (χ4n) is 3.22. The van der Waals surface area contributed by atoms with Crippen molar-refractivity contribution in [3.63, 3.8) is 0 Å². The summed E-state index contributed by atoms with van der Waals surface area (Å²) in [6.07, 6.45) is -1.45. The Kier molecular flexibility index (Phi) is 8.42. The van der Waals surface area contributed by atoms with Gasteiger partial charge in [-0.2, -0.15) is 17.5 Å². The Morgan fingerprint density at radius 1 is 1.25 bits per heavy atom. The monoisotopic (exact) mass is 495 g/mol. The molecule has 0 aliphatic carbocycles. The fraction of sp³-hybridized carbons (Fsp3) is 0.611. The molecule has 180 valence electrons. The third-order valence-corrected chi connectivity index (χ3v) is 6.99. The van der Waals surface area contributed by atoms with E-state index >= 15 is 0 Å². The van der Waals surface area contributed by atoms with E-state index in [1.807, 2.05) is 13.8 Å². The average molecular weight is 496 g/mol. The van der Waals surface area contributed by atoms with Crippen LogP contribution in [0.1, 0.15) is 39.2 Å². The Hall–Kier alpha value is -2.03. The Labute approximate surface area is 189 Å². The molecule has 2 aromatic rings. The largest absolute Gasteiger partial charge is 0.419 e. The molecule has 0 aliphatic rings. The standard InChI is InChI=1S/C18H28F3N7O2S2/c1-11(23)12(7-17(2,3)4-5-22)8-24-15-14(18(19,20)21)6-13(9-25-15)32(29,30)28-16-26-10-27-31-16/h6,9-12H,4-5,7-8,22-23H2,1-3H3,(H,24,25)(H,26,27,28)/t11-,12+/m1/s1. The maximum atomic E-state index is 13.7. The summed E-state index contributed by atoms with van der Waals surface area (Å²) in [6, 6.07) is 0.252. The molecule has 0 saturated heterocycles. The summed E-state index contributed by atoms with van der Waals surface area (Å²) in [4.78, 5) is 6.79. The molecule has 0 radical (unpaired) electrons. The number of halogens is 3. The van der Waals surface area contributed by atoms with Crippen LogP contribution in [0.2, 0.25) is 0 Å². The zero-order valence-electron chi connectivity index (χ0n) is 18.0. The summed E-state index contributed by atoms with van der Waals surface area (Å²) in [5.41, 5.74) is 10.4. The molecule has 2 atom stereocenters. The lowest BCUT2D eigenvalue weighted by Crippen LogP contribution is -2.36. The number of hydrogen-bond donors (Lipinski definition) is 4. The van der Waals surface area contributed by atoms with Gasteiger partial charge in [-0.15, -0.1) is 0 Å². The predicted molar refractivity (Wildman–Crippen MR) is 118 cm³/mol. The zero-order chi connectivity index (χ0) is 24.2. The first kappa shape index (κ1) is 26.2. The van der Waals surface area contributed by atoms with Crippen LogP contribution in [-0.4, -0.2) is 41.9 Å². The van der Waals surface area contributed by atoms with Gasteiger partial charge in [0.25, 0.3) is 10.0 Å². The number of aromatic nitrogens is 3. The van der Waals surface area contributed by atoms with Gasteiger partial charge in [-0.1, -0.05) is 13.8 Å². The molecule has 9 nitrogen and oxygen atoms in total. The van der Waals surface area contributed by atoms with E-state index < -0.39 is 32.5 Å². The first-order valence-corrected chi connectivity index (χ1v) is 12.1. The molecule has 2 rings (SSSR count). The van der Waals surface area contributed by atoms with Crippen LogP contribution in [0.3, 0.4) is 0 Å². The molecular weight excluding hydrogens is 467 g/mol. The highest BCUT2D eigenvalue weighted by Gasteiger charge is 2.36. The number of nitrogens with zero attached hydrogens (tertiary/aromatic N) is 3. The van der Waals surface area contributed by atoms with E-state index in [2.05, 4.69) is 24.4 Å². The van der Waals surface area contributed by atoms with Crippen molar-refractivity contribution in [3.05, 3.63) is 24.2 Å². The predicted octanol–water partition coefficient (Wildman–Crippen LogP) is 2.89. The summed E-state index contributed by atoms with van der Waals surface area (Å²) >= 11 is 0.753. The second kappa shape index (κ2) is 10.3. The van der Waals surface area contributed by atoms with Crippen molar-refractivity contribution in [2.75, 3.05) is 23.1 Å². The van der Waals surface area contributed by atoms with E-state index in [-0.39, 0.29) is 29.1 Å². The van der Waals surface area contributed by atoms with Crippen molar-refractivity contribution in [3.8, 4) is 0 Å². The highest BCUT2D eigenvalue weighted by atomic mass is 32.2. The molecule has 0 fully saturated rings. The minimum atomic E-state index is -4.83. The van der Waals surface area contributed by atoms with Crippen LogP contribution in [0.15, 0.2) is 23.5 Å². The van der Waals surface area contributed by atoms with Crippen LogP contribution in [0, 0.1) is 11.3 Å². The van der Waals surface area contributed by atoms with Gasteiger partial charge in [0.05, 0.1) is 5.56 Å². The molecule has 2 heterocycles. The summed E-state index contributed by atoms with van der Waals surface area (Å²) < 4.78 is 71.7. The van der Waals surface area contributed by atoms with Crippen molar-refractivity contribution in [2.24, 2.45) is 22.8 Å². The van der Waals surface area contributed by atoms with Gasteiger partial charge >= 0.3 is 6.18 Å². The molecule has 0 aliphatic heterocycles. The third kappa shape index (κ3) is 7.25. The van der Waals surface area contributed by atoms with Crippen molar-refractivity contribution in [1.29, 1.82) is 0 Å². The lowest BCUT2D eigenvalue weighted by molar-refractivity contribution is -0.137. The highest BCUT2D eigenvalue weighted by molar-refractivity contribution is 7.93. The summed E-state index contributed by atoms with van der Waals surface area (Å²) in [7, 11) is -4.32. The first-order valence-electron chi connectivity index (χ1n) is 9.81. The lowest BCUT2D eigenvalue weighted by atomic mass is 9.78. The number of alkyl halides is 3. The van der Waals surface area contributed by atoms with Gasteiger partial charge in [0.1, 0.15) is 17.0 Å². The number of sulfonamides is 1. The minimum absolute atomic E-state index is 0.0689. The Balaban J connectivity index is 2.27. The number of pyridine rings is 1. The van der Waals surface area contributed by atoms with Crippen LogP contribution in [0.25, 0.3) is 0 Å². The molecule has 0 amide bonds. The van der Waals surface area contributed by atoms with E-state index in [4.69, 9.17) is 11.5 Å². The summed E-state index contributed by atoms with van der Waals surface area (Å²) in [5, 5.41) is 2.64. The molecule has 6 N–H and O–H groups in total.